The largest absolute Gasteiger partial charge is 0.491 e. The molecule has 9 heteroatoms. The fourth-order valence-electron chi connectivity index (χ4n) is 2.14. The van der Waals surface area contributed by atoms with Gasteiger partial charge in [0.2, 0.25) is 5.88 Å². The number of nitrogens with one attached hydrogen (secondary N) is 1. The molecule has 0 saturated carbocycles. The molecule has 0 fully saturated rings. The third-order valence-corrected chi connectivity index (χ3v) is 4.66. The Hall–Kier alpha value is -2.10. The number of hydrogen-bond acceptors (Lipinski definition) is 6. The minimum Gasteiger partial charge on any atom is -0.481 e. The molecule has 0 spiro atoms. The van der Waals surface area contributed by atoms with E-state index >= 15 is 0 Å². The number of nitrogens with zero attached hydrogens (tertiary/aromatic N) is 1. The van der Waals surface area contributed by atoms with E-state index in [1.807, 2.05) is 0 Å². The lowest BCUT2D eigenvalue weighted by atomic mass is 9.79. The maximum atomic E-state index is 12.3. The molecule has 2 N–H and O–H groups in total. The first-order chi connectivity index (χ1) is 10.5. The molecule has 0 radical (unpaired) electrons. The Kier molecular flexibility index (Phi) is 3.77. The highest BCUT2D eigenvalue weighted by molar-refractivity contribution is 7.92. The molecule has 1 aliphatic heterocycles. The minimum atomic E-state index is -3.76. The molecule has 2 heterocycles. The van der Waals surface area contributed by atoms with Gasteiger partial charge in [0.05, 0.1) is 19.9 Å². The SMILES string of the molecule is COc1ccc(S(=O)(=O)Nc2ccc3c(c2)B(O)OC3)cn1. The van der Waals surface area contributed by atoms with Gasteiger partial charge >= 0.3 is 7.12 Å². The van der Waals surface area contributed by atoms with E-state index in [2.05, 4.69) is 9.71 Å². The zero-order valence-electron chi connectivity index (χ0n) is 11.7. The van der Waals surface area contributed by atoms with Crippen LogP contribution >= 0.6 is 0 Å². The Morgan fingerprint density at radius 1 is 1.36 bits per heavy atom. The van der Waals surface area contributed by atoms with E-state index in [1.54, 1.807) is 18.2 Å². The number of ether oxygens (including phenoxy) is 1. The van der Waals surface area contributed by atoms with E-state index < -0.39 is 17.1 Å². The van der Waals surface area contributed by atoms with Crippen molar-refractivity contribution in [3.8, 4) is 5.88 Å². The number of anilines is 1. The van der Waals surface area contributed by atoms with Crippen LogP contribution in [0.5, 0.6) is 5.88 Å². The smallest absolute Gasteiger partial charge is 0.481 e. The first-order valence-corrected chi connectivity index (χ1v) is 7.93. The van der Waals surface area contributed by atoms with Crippen LogP contribution < -0.4 is 14.9 Å². The van der Waals surface area contributed by atoms with Gasteiger partial charge in [-0.25, -0.2) is 13.4 Å². The molecule has 7 nitrogen and oxygen atoms in total. The number of benzene rings is 1. The molecule has 0 bridgehead atoms. The molecular formula is C13H13BN2O5S. The lowest BCUT2D eigenvalue weighted by Gasteiger charge is -2.09. The minimum absolute atomic E-state index is 0.0191. The van der Waals surface area contributed by atoms with Crippen molar-refractivity contribution >= 4 is 28.3 Å². The first-order valence-electron chi connectivity index (χ1n) is 6.45. The zero-order chi connectivity index (χ0) is 15.7. The Morgan fingerprint density at radius 3 is 2.86 bits per heavy atom. The molecule has 0 saturated heterocycles. The van der Waals surface area contributed by atoms with Gasteiger partial charge in [-0.2, -0.15) is 0 Å². The van der Waals surface area contributed by atoms with Crippen molar-refractivity contribution in [2.24, 2.45) is 0 Å². The number of pyridine rings is 1. The highest BCUT2D eigenvalue weighted by atomic mass is 32.2. The zero-order valence-corrected chi connectivity index (χ0v) is 12.5. The van der Waals surface area contributed by atoms with Crippen LogP contribution in [0.25, 0.3) is 0 Å². The Bertz CT molecular complexity index is 795. The van der Waals surface area contributed by atoms with Crippen molar-refractivity contribution in [1.29, 1.82) is 0 Å². The third-order valence-electron chi connectivity index (χ3n) is 3.29. The Balaban J connectivity index is 1.86. The summed E-state index contributed by atoms with van der Waals surface area (Å²) in [6, 6.07) is 7.76. The molecule has 0 amide bonds. The summed E-state index contributed by atoms with van der Waals surface area (Å²) >= 11 is 0. The van der Waals surface area contributed by atoms with Crippen LogP contribution in [-0.4, -0.2) is 32.7 Å². The molecule has 0 unspecified atom stereocenters. The monoisotopic (exact) mass is 320 g/mol. The maximum Gasteiger partial charge on any atom is 0.491 e. The third kappa shape index (κ3) is 2.78. The van der Waals surface area contributed by atoms with E-state index in [1.165, 1.54) is 25.4 Å². The molecule has 2 aromatic rings. The van der Waals surface area contributed by atoms with Gasteiger partial charge in [-0.1, -0.05) is 6.07 Å². The summed E-state index contributed by atoms with van der Waals surface area (Å²) in [6.07, 6.45) is 1.21. The molecule has 1 aromatic carbocycles. The van der Waals surface area contributed by atoms with Crippen LogP contribution in [0, 0.1) is 0 Å². The van der Waals surface area contributed by atoms with Gasteiger partial charge in [0.1, 0.15) is 4.90 Å². The summed E-state index contributed by atoms with van der Waals surface area (Å²) < 4.78 is 37.0. The van der Waals surface area contributed by atoms with Crippen LogP contribution in [-0.2, 0) is 21.3 Å². The normalized spacial score (nSPS) is 13.8. The molecule has 0 atom stereocenters. The number of hydrogen-bond donors (Lipinski definition) is 2. The molecule has 1 aromatic heterocycles. The van der Waals surface area contributed by atoms with Crippen LogP contribution in [0.2, 0.25) is 0 Å². The fraction of sp³-hybridized carbons (Fsp3) is 0.154. The van der Waals surface area contributed by atoms with Crippen molar-refractivity contribution in [3.63, 3.8) is 0 Å². The maximum absolute atomic E-state index is 12.3. The van der Waals surface area contributed by atoms with E-state index in [0.29, 0.717) is 23.6 Å². The molecule has 114 valence electrons. The second-order valence-corrected chi connectivity index (χ2v) is 6.40. The average Bonchev–Trinajstić information content (AvgIpc) is 2.88. The van der Waals surface area contributed by atoms with Gasteiger partial charge in [-0.3, -0.25) is 4.72 Å². The number of sulfonamides is 1. The lowest BCUT2D eigenvalue weighted by molar-refractivity contribution is 0.275. The van der Waals surface area contributed by atoms with Gasteiger partial charge in [-0.05, 0) is 29.2 Å². The van der Waals surface area contributed by atoms with Crippen molar-refractivity contribution in [1.82, 2.24) is 4.98 Å². The molecule has 3 rings (SSSR count). The summed E-state index contributed by atoms with van der Waals surface area (Å²) in [5.41, 5.74) is 1.74. The summed E-state index contributed by atoms with van der Waals surface area (Å²) in [5.74, 6) is 0.330. The molecule has 0 aliphatic carbocycles. The quantitative estimate of drug-likeness (QED) is 0.776. The summed E-state index contributed by atoms with van der Waals surface area (Å²) in [4.78, 5) is 3.89. The first kappa shape index (κ1) is 14.8. The number of methoxy groups -OCH3 is 1. The van der Waals surface area contributed by atoms with Crippen molar-refractivity contribution in [2.45, 2.75) is 11.5 Å². The summed E-state index contributed by atoms with van der Waals surface area (Å²) in [5, 5.41) is 9.66. The Labute approximate surface area is 128 Å². The van der Waals surface area contributed by atoms with Crippen LogP contribution in [0.4, 0.5) is 5.69 Å². The van der Waals surface area contributed by atoms with Gasteiger partial charge in [0.25, 0.3) is 10.0 Å². The predicted molar refractivity (Wildman–Crippen MR) is 80.4 cm³/mol. The van der Waals surface area contributed by atoms with E-state index in [-0.39, 0.29) is 4.90 Å². The van der Waals surface area contributed by atoms with Crippen molar-refractivity contribution in [2.75, 3.05) is 11.8 Å². The van der Waals surface area contributed by atoms with E-state index in [4.69, 9.17) is 9.39 Å². The van der Waals surface area contributed by atoms with Gasteiger partial charge in [-0.15, -0.1) is 0 Å². The topological polar surface area (TPSA) is 97.8 Å². The summed E-state index contributed by atoms with van der Waals surface area (Å²) in [6.45, 7) is 0.311. The predicted octanol–water partition coefficient (Wildman–Crippen LogP) is 0.109. The van der Waals surface area contributed by atoms with Crippen LogP contribution in [0.3, 0.4) is 0 Å². The summed E-state index contributed by atoms with van der Waals surface area (Å²) in [7, 11) is -3.34. The second kappa shape index (κ2) is 5.60. The van der Waals surface area contributed by atoms with Crippen molar-refractivity contribution in [3.05, 3.63) is 42.1 Å². The Morgan fingerprint density at radius 2 is 2.18 bits per heavy atom. The molecular weight excluding hydrogens is 307 g/mol. The van der Waals surface area contributed by atoms with E-state index in [9.17, 15) is 13.4 Å². The highest BCUT2D eigenvalue weighted by Gasteiger charge is 2.27. The van der Waals surface area contributed by atoms with Crippen LogP contribution in [0.1, 0.15) is 5.56 Å². The number of fused-ring (bicyclic) bond motifs is 1. The standard InChI is InChI=1S/C13H13BN2O5S/c1-20-13-5-4-11(7-15-13)22(18,19)16-10-3-2-9-8-21-14(17)12(9)6-10/h2-7,16-17H,8H2,1H3. The van der Waals surface area contributed by atoms with Crippen LogP contribution in [0.15, 0.2) is 41.4 Å². The van der Waals surface area contributed by atoms with Gasteiger partial charge < -0.3 is 14.4 Å². The fourth-order valence-corrected chi connectivity index (χ4v) is 3.13. The lowest BCUT2D eigenvalue weighted by Crippen LogP contribution is -2.28. The average molecular weight is 320 g/mol. The van der Waals surface area contributed by atoms with Crippen molar-refractivity contribution < 1.29 is 22.8 Å². The second-order valence-electron chi connectivity index (χ2n) is 4.72. The van der Waals surface area contributed by atoms with Gasteiger partial charge in [0.15, 0.2) is 0 Å². The molecule has 22 heavy (non-hydrogen) atoms. The highest BCUT2D eigenvalue weighted by Crippen LogP contribution is 2.19. The number of aromatic nitrogens is 1. The number of rotatable bonds is 4. The molecule has 1 aliphatic rings. The van der Waals surface area contributed by atoms with E-state index in [0.717, 1.165) is 5.56 Å². The van der Waals surface area contributed by atoms with Gasteiger partial charge in [0, 0.05) is 11.8 Å².